The van der Waals surface area contributed by atoms with Gasteiger partial charge in [0.25, 0.3) is 0 Å². The van der Waals surface area contributed by atoms with E-state index in [1.54, 1.807) is 0 Å². The van der Waals surface area contributed by atoms with E-state index in [9.17, 15) is 4.79 Å². The van der Waals surface area contributed by atoms with Crippen molar-refractivity contribution < 1.29 is 4.79 Å². The SMILES string of the molecule is Cc1ccc(CC(=O)Cc2ccn(C(C)C)n2)cc1C. The van der Waals surface area contributed by atoms with E-state index >= 15 is 0 Å². The lowest BCUT2D eigenvalue weighted by Gasteiger charge is -2.05. The fourth-order valence-electron chi connectivity index (χ4n) is 2.16. The van der Waals surface area contributed by atoms with E-state index in [1.165, 1.54) is 11.1 Å². The maximum atomic E-state index is 12.1. The fraction of sp³-hybridized carbons (Fsp3) is 0.412. The molecule has 3 nitrogen and oxygen atoms in total. The van der Waals surface area contributed by atoms with Crippen LogP contribution in [-0.2, 0) is 17.6 Å². The second kappa shape index (κ2) is 6.04. The molecule has 0 atom stereocenters. The molecule has 0 fully saturated rings. The highest BCUT2D eigenvalue weighted by molar-refractivity contribution is 5.82. The van der Waals surface area contributed by atoms with Gasteiger partial charge < -0.3 is 0 Å². The number of benzene rings is 1. The molecule has 0 radical (unpaired) electrons. The number of carbonyl (C=O) groups is 1. The van der Waals surface area contributed by atoms with E-state index in [-0.39, 0.29) is 5.78 Å². The number of carbonyl (C=O) groups excluding carboxylic acids is 1. The molecule has 0 N–H and O–H groups in total. The molecule has 0 spiro atoms. The minimum atomic E-state index is 0.210. The topological polar surface area (TPSA) is 34.9 Å². The van der Waals surface area contributed by atoms with Crippen LogP contribution < -0.4 is 0 Å². The third-order valence-corrected chi connectivity index (χ3v) is 3.54. The Bertz CT molecular complexity index is 611. The highest BCUT2D eigenvalue weighted by Gasteiger charge is 2.09. The number of hydrogen-bond donors (Lipinski definition) is 0. The van der Waals surface area contributed by atoms with Crippen molar-refractivity contribution in [1.82, 2.24) is 9.78 Å². The van der Waals surface area contributed by atoms with Crippen LogP contribution in [0.1, 0.15) is 42.3 Å². The van der Waals surface area contributed by atoms with Gasteiger partial charge in [0, 0.05) is 18.7 Å². The van der Waals surface area contributed by atoms with Crippen molar-refractivity contribution in [2.45, 2.75) is 46.6 Å². The van der Waals surface area contributed by atoms with Gasteiger partial charge in [-0.25, -0.2) is 0 Å². The fourth-order valence-corrected chi connectivity index (χ4v) is 2.16. The van der Waals surface area contributed by atoms with Gasteiger partial charge in [-0.05, 0) is 50.5 Å². The van der Waals surface area contributed by atoms with Crippen LogP contribution in [0.25, 0.3) is 0 Å². The number of Topliss-reactive ketones (excluding diaryl/α,β-unsaturated/α-hetero) is 1. The predicted octanol–water partition coefficient (Wildman–Crippen LogP) is 3.44. The molecular formula is C17H22N2O. The molecule has 0 saturated carbocycles. The molecule has 0 unspecified atom stereocenters. The first-order valence-corrected chi connectivity index (χ1v) is 7.07. The van der Waals surface area contributed by atoms with Crippen molar-refractivity contribution in [3.05, 3.63) is 52.8 Å². The summed E-state index contributed by atoms with van der Waals surface area (Å²) < 4.78 is 1.89. The first-order valence-electron chi connectivity index (χ1n) is 7.07. The molecule has 0 aliphatic heterocycles. The minimum absolute atomic E-state index is 0.210. The molecule has 0 amide bonds. The summed E-state index contributed by atoms with van der Waals surface area (Å²) in [6.07, 6.45) is 2.83. The average molecular weight is 270 g/mol. The second-order valence-corrected chi connectivity index (χ2v) is 5.69. The summed E-state index contributed by atoms with van der Waals surface area (Å²) in [7, 11) is 0. The quantitative estimate of drug-likeness (QED) is 0.834. The van der Waals surface area contributed by atoms with Crippen molar-refractivity contribution in [2.24, 2.45) is 0 Å². The minimum Gasteiger partial charge on any atom is -0.299 e. The van der Waals surface area contributed by atoms with E-state index in [0.717, 1.165) is 11.3 Å². The van der Waals surface area contributed by atoms with Crippen molar-refractivity contribution in [3.63, 3.8) is 0 Å². The molecule has 1 heterocycles. The summed E-state index contributed by atoms with van der Waals surface area (Å²) in [6, 6.07) is 8.47. The Morgan fingerprint density at radius 3 is 2.50 bits per heavy atom. The van der Waals surface area contributed by atoms with Gasteiger partial charge in [0.05, 0.1) is 12.1 Å². The van der Waals surface area contributed by atoms with Crippen LogP contribution in [0.5, 0.6) is 0 Å². The van der Waals surface area contributed by atoms with Crippen molar-refractivity contribution in [3.8, 4) is 0 Å². The van der Waals surface area contributed by atoms with E-state index in [4.69, 9.17) is 0 Å². The highest BCUT2D eigenvalue weighted by Crippen LogP contribution is 2.12. The molecule has 3 heteroatoms. The number of hydrogen-bond acceptors (Lipinski definition) is 2. The largest absolute Gasteiger partial charge is 0.299 e. The molecule has 0 bridgehead atoms. The number of ketones is 1. The van der Waals surface area contributed by atoms with Gasteiger partial charge >= 0.3 is 0 Å². The molecule has 0 aliphatic rings. The zero-order chi connectivity index (χ0) is 14.7. The van der Waals surface area contributed by atoms with Crippen LogP contribution in [0.2, 0.25) is 0 Å². The normalized spacial score (nSPS) is 11.1. The first-order chi connectivity index (χ1) is 9.45. The van der Waals surface area contributed by atoms with Crippen molar-refractivity contribution >= 4 is 5.78 Å². The van der Waals surface area contributed by atoms with Crippen LogP contribution in [0.15, 0.2) is 30.5 Å². The molecule has 1 aromatic carbocycles. The Kier molecular flexibility index (Phi) is 4.38. The highest BCUT2D eigenvalue weighted by atomic mass is 16.1. The van der Waals surface area contributed by atoms with Gasteiger partial charge in [0.15, 0.2) is 0 Å². The summed E-state index contributed by atoms with van der Waals surface area (Å²) in [6.45, 7) is 8.31. The zero-order valence-corrected chi connectivity index (χ0v) is 12.7. The molecule has 0 saturated heterocycles. The van der Waals surface area contributed by atoms with Crippen LogP contribution >= 0.6 is 0 Å². The van der Waals surface area contributed by atoms with E-state index < -0.39 is 0 Å². The molecule has 2 aromatic rings. The lowest BCUT2D eigenvalue weighted by atomic mass is 10.0. The zero-order valence-electron chi connectivity index (χ0n) is 12.7. The predicted molar refractivity (Wildman–Crippen MR) is 80.9 cm³/mol. The monoisotopic (exact) mass is 270 g/mol. The lowest BCUT2D eigenvalue weighted by molar-refractivity contribution is -0.117. The molecular weight excluding hydrogens is 248 g/mol. The van der Waals surface area contributed by atoms with Gasteiger partial charge in [0.2, 0.25) is 0 Å². The van der Waals surface area contributed by atoms with Gasteiger partial charge in [-0.15, -0.1) is 0 Å². The lowest BCUT2D eigenvalue weighted by Crippen LogP contribution is -2.09. The van der Waals surface area contributed by atoms with E-state index in [1.807, 2.05) is 23.0 Å². The molecule has 106 valence electrons. The molecule has 20 heavy (non-hydrogen) atoms. The summed E-state index contributed by atoms with van der Waals surface area (Å²) in [5.74, 6) is 0.210. The van der Waals surface area contributed by atoms with Crippen LogP contribution in [0, 0.1) is 13.8 Å². The van der Waals surface area contributed by atoms with Crippen LogP contribution in [0.3, 0.4) is 0 Å². The first kappa shape index (κ1) is 14.5. The Hall–Kier alpha value is -1.90. The molecule has 1 aromatic heterocycles. The maximum absolute atomic E-state index is 12.1. The summed E-state index contributed by atoms with van der Waals surface area (Å²) in [5, 5.41) is 4.42. The van der Waals surface area contributed by atoms with Crippen LogP contribution in [-0.4, -0.2) is 15.6 Å². The van der Waals surface area contributed by atoms with Crippen LogP contribution in [0.4, 0.5) is 0 Å². The smallest absolute Gasteiger partial charge is 0.143 e. The van der Waals surface area contributed by atoms with Gasteiger partial charge in [-0.3, -0.25) is 9.48 Å². The molecule has 2 rings (SSSR count). The number of rotatable bonds is 5. The van der Waals surface area contributed by atoms with Gasteiger partial charge in [-0.2, -0.15) is 5.10 Å². The Morgan fingerprint density at radius 2 is 1.90 bits per heavy atom. The van der Waals surface area contributed by atoms with Crippen molar-refractivity contribution in [1.29, 1.82) is 0 Å². The summed E-state index contributed by atoms with van der Waals surface area (Å²) in [4.78, 5) is 12.1. The number of nitrogens with zero attached hydrogens (tertiary/aromatic N) is 2. The summed E-state index contributed by atoms with van der Waals surface area (Å²) in [5.41, 5.74) is 4.44. The summed E-state index contributed by atoms with van der Waals surface area (Å²) >= 11 is 0. The third kappa shape index (κ3) is 3.56. The van der Waals surface area contributed by atoms with E-state index in [2.05, 4.69) is 44.9 Å². The number of aromatic nitrogens is 2. The second-order valence-electron chi connectivity index (χ2n) is 5.69. The van der Waals surface area contributed by atoms with Gasteiger partial charge in [0.1, 0.15) is 5.78 Å². The molecule has 0 aliphatic carbocycles. The third-order valence-electron chi connectivity index (χ3n) is 3.54. The average Bonchev–Trinajstić information content (AvgIpc) is 2.82. The van der Waals surface area contributed by atoms with Gasteiger partial charge in [-0.1, -0.05) is 18.2 Å². The van der Waals surface area contributed by atoms with Crippen molar-refractivity contribution in [2.75, 3.05) is 0 Å². The Balaban J connectivity index is 1.99. The standard InChI is InChI=1S/C17H22N2O/c1-12(2)19-8-7-16(18-19)11-17(20)10-15-6-5-13(3)14(4)9-15/h5-9,12H,10-11H2,1-4H3. The Morgan fingerprint density at radius 1 is 1.15 bits per heavy atom. The maximum Gasteiger partial charge on any atom is 0.143 e. The Labute approximate surface area is 120 Å². The number of aryl methyl sites for hydroxylation is 2. The van der Waals surface area contributed by atoms with E-state index in [0.29, 0.717) is 18.9 Å².